The second-order valence-corrected chi connectivity index (χ2v) is 22.2. The molecule has 0 bridgehead atoms. The maximum atomic E-state index is 14.5. The van der Waals surface area contributed by atoms with Crippen molar-refractivity contribution in [2.45, 2.75) is 128 Å². The van der Waals surface area contributed by atoms with Crippen molar-refractivity contribution in [1.82, 2.24) is 47.7 Å². The second-order valence-electron chi connectivity index (χ2n) is 21.3. The Labute approximate surface area is 425 Å². The molecule has 0 N–H and O–H groups in total. The van der Waals surface area contributed by atoms with Crippen molar-refractivity contribution in [2.75, 3.05) is 26.2 Å². The zero-order valence-corrected chi connectivity index (χ0v) is 43.3. The molecule has 2 saturated carbocycles. The molecule has 2 aliphatic carbocycles. The lowest BCUT2D eigenvalue weighted by molar-refractivity contribution is 0.00578. The first-order valence-electron chi connectivity index (χ1n) is 25.3. The molecule has 0 radical (unpaired) electrons. The monoisotopic (exact) mass is 1040 g/mol. The predicted molar refractivity (Wildman–Crippen MR) is 280 cm³/mol. The molecule has 9 heterocycles. The van der Waals surface area contributed by atoms with Crippen LogP contribution in [0.4, 0.5) is 8.78 Å². The summed E-state index contributed by atoms with van der Waals surface area (Å²) in [6.45, 7) is 16.1. The largest absolute Gasteiger partial charge is 0.494 e. The van der Waals surface area contributed by atoms with Gasteiger partial charge in [0.15, 0.2) is 22.9 Å². The maximum absolute atomic E-state index is 14.5. The van der Waals surface area contributed by atoms with Gasteiger partial charge in [0.25, 0.3) is 11.1 Å². The van der Waals surface area contributed by atoms with Crippen LogP contribution < -0.4 is 16.6 Å². The van der Waals surface area contributed by atoms with E-state index < -0.39 is 18.3 Å². The molecule has 5 fully saturated rings. The molecule has 72 heavy (non-hydrogen) atoms. The lowest BCUT2D eigenvalue weighted by atomic mass is 9.79. The fraction of sp³-hybridized carbons (Fsp3) is 0.444. The fourth-order valence-corrected chi connectivity index (χ4v) is 11.0. The second kappa shape index (κ2) is 19.0. The highest BCUT2D eigenvalue weighted by Gasteiger charge is 2.51. The summed E-state index contributed by atoms with van der Waals surface area (Å²) in [5.41, 5.74) is 5.33. The van der Waals surface area contributed by atoms with Gasteiger partial charge in [0, 0.05) is 85.2 Å². The number of imidazole rings is 2. The quantitative estimate of drug-likeness (QED) is 0.149. The lowest BCUT2D eigenvalue weighted by Crippen LogP contribution is -2.41. The van der Waals surface area contributed by atoms with E-state index in [1.807, 2.05) is 93.3 Å². The molecule has 6 aromatic heterocycles. The van der Waals surface area contributed by atoms with Gasteiger partial charge in [-0.05, 0) is 156 Å². The molecular formula is C54H60BBrF2N10O4. The number of likely N-dealkylation sites (tertiary alicyclic amines) is 2. The van der Waals surface area contributed by atoms with Crippen molar-refractivity contribution in [2.24, 2.45) is 0 Å². The van der Waals surface area contributed by atoms with Crippen LogP contribution in [0.2, 0.25) is 0 Å². The van der Waals surface area contributed by atoms with Gasteiger partial charge in [-0.15, -0.1) is 0 Å². The molecule has 5 aliphatic rings. The highest BCUT2D eigenvalue weighted by molar-refractivity contribution is 9.10. The van der Waals surface area contributed by atoms with E-state index in [4.69, 9.17) is 9.31 Å². The molecule has 13 rings (SSSR count). The van der Waals surface area contributed by atoms with Crippen molar-refractivity contribution in [3.8, 4) is 11.1 Å². The fourth-order valence-electron chi connectivity index (χ4n) is 10.5. The minimum Gasteiger partial charge on any atom is -0.399 e. The van der Waals surface area contributed by atoms with Gasteiger partial charge in [0.2, 0.25) is 0 Å². The third kappa shape index (κ3) is 9.68. The lowest BCUT2D eigenvalue weighted by Gasteiger charge is -2.32. The Hall–Kier alpha value is -5.66. The van der Waals surface area contributed by atoms with Crippen molar-refractivity contribution >= 4 is 61.6 Å². The molecule has 14 nitrogen and oxygen atoms in total. The summed E-state index contributed by atoms with van der Waals surface area (Å²) in [5.74, 6) is -0.677. The number of piperidine rings is 2. The van der Waals surface area contributed by atoms with Crippen molar-refractivity contribution in [1.29, 1.82) is 0 Å². The van der Waals surface area contributed by atoms with Gasteiger partial charge in [0.05, 0.1) is 57.1 Å². The average molecular weight is 1040 g/mol. The van der Waals surface area contributed by atoms with E-state index in [9.17, 15) is 18.4 Å². The number of aromatic nitrogens is 8. The Morgan fingerprint density at radius 2 is 1.06 bits per heavy atom. The first kappa shape index (κ1) is 48.6. The predicted octanol–water partition coefficient (Wildman–Crippen LogP) is 9.00. The number of hydrogen-bond acceptors (Lipinski definition) is 10. The molecule has 0 spiro atoms. The van der Waals surface area contributed by atoms with Crippen molar-refractivity contribution < 1.29 is 18.1 Å². The van der Waals surface area contributed by atoms with E-state index >= 15 is 0 Å². The summed E-state index contributed by atoms with van der Waals surface area (Å²) < 4.78 is 47.7. The van der Waals surface area contributed by atoms with Gasteiger partial charge in [-0.2, -0.15) is 0 Å². The minimum absolute atomic E-state index is 0.00767. The topological polar surface area (TPSA) is 129 Å². The van der Waals surface area contributed by atoms with Gasteiger partial charge >= 0.3 is 7.12 Å². The molecule has 0 amide bonds. The summed E-state index contributed by atoms with van der Waals surface area (Å²) in [7, 11) is -0.444. The normalized spacial score (nSPS) is 19.8. The Bertz CT molecular complexity index is 3460. The summed E-state index contributed by atoms with van der Waals surface area (Å²) in [4.78, 5) is 48.9. The third-order valence-corrected chi connectivity index (χ3v) is 16.0. The van der Waals surface area contributed by atoms with E-state index in [1.165, 1.54) is 37.8 Å². The molecular weight excluding hydrogens is 981 g/mol. The van der Waals surface area contributed by atoms with Crippen LogP contribution in [0.3, 0.4) is 0 Å². The first-order valence-corrected chi connectivity index (χ1v) is 26.1. The Balaban J connectivity index is 0.000000127. The van der Waals surface area contributed by atoms with Crippen molar-refractivity contribution in [3.05, 3.63) is 134 Å². The van der Waals surface area contributed by atoms with Gasteiger partial charge in [0.1, 0.15) is 0 Å². The molecule has 18 heteroatoms. The molecule has 8 aromatic rings. The van der Waals surface area contributed by atoms with Crippen LogP contribution in [0.15, 0.2) is 100 Å². The van der Waals surface area contributed by atoms with Crippen LogP contribution >= 0.6 is 15.9 Å². The number of aryl methyl sites for hydroxylation is 2. The Kier molecular flexibility index (Phi) is 12.8. The maximum Gasteiger partial charge on any atom is 0.494 e. The minimum atomic E-state index is -0.444. The first-order chi connectivity index (χ1) is 34.5. The third-order valence-electron chi connectivity index (χ3n) is 15.6. The van der Waals surface area contributed by atoms with Crippen LogP contribution in [0.5, 0.6) is 0 Å². The van der Waals surface area contributed by atoms with Crippen LogP contribution in [0, 0.1) is 25.5 Å². The summed E-state index contributed by atoms with van der Waals surface area (Å²) in [5, 5.41) is 1.27. The number of fused-ring (bicyclic) bond motifs is 4. The van der Waals surface area contributed by atoms with Gasteiger partial charge in [-0.25, -0.2) is 28.7 Å². The van der Waals surface area contributed by atoms with E-state index in [0.717, 1.165) is 91.9 Å². The number of hydrogen-bond donors (Lipinski definition) is 0. The van der Waals surface area contributed by atoms with Crippen LogP contribution in [0.25, 0.3) is 44.2 Å². The smallest absolute Gasteiger partial charge is 0.399 e. The zero-order valence-electron chi connectivity index (χ0n) is 41.7. The van der Waals surface area contributed by atoms with Gasteiger partial charge in [-0.3, -0.25) is 18.7 Å². The van der Waals surface area contributed by atoms with E-state index in [0.29, 0.717) is 37.6 Å². The molecule has 3 aliphatic heterocycles. The summed E-state index contributed by atoms with van der Waals surface area (Å²) >= 11 is 3.20. The Morgan fingerprint density at radius 1 is 0.583 bits per heavy atom. The molecule has 0 atom stereocenters. The highest BCUT2D eigenvalue weighted by atomic mass is 79.9. The molecule has 3 saturated heterocycles. The van der Waals surface area contributed by atoms with Gasteiger partial charge < -0.3 is 27.9 Å². The Morgan fingerprint density at radius 3 is 1.57 bits per heavy atom. The zero-order chi connectivity index (χ0) is 50.2. The molecule has 374 valence electrons. The molecule has 2 aromatic carbocycles. The van der Waals surface area contributed by atoms with Gasteiger partial charge in [-0.1, -0.05) is 12.1 Å². The van der Waals surface area contributed by atoms with E-state index in [1.54, 1.807) is 40.0 Å². The van der Waals surface area contributed by atoms with Crippen LogP contribution in [0.1, 0.15) is 103 Å². The number of benzene rings is 2. The highest BCUT2D eigenvalue weighted by Crippen LogP contribution is 2.37. The van der Waals surface area contributed by atoms with Crippen molar-refractivity contribution in [3.63, 3.8) is 0 Å². The summed E-state index contributed by atoms with van der Waals surface area (Å²) in [6.07, 6.45) is 20.0. The van der Waals surface area contributed by atoms with E-state index in [2.05, 4.69) is 45.7 Å². The molecule has 0 unspecified atom stereocenters. The van der Waals surface area contributed by atoms with Crippen LogP contribution in [-0.4, -0.2) is 104 Å². The number of nitrogens with zero attached hydrogens (tertiary/aromatic N) is 10. The van der Waals surface area contributed by atoms with E-state index in [-0.39, 0.29) is 34.8 Å². The summed E-state index contributed by atoms with van der Waals surface area (Å²) in [6, 6.07) is 16.2. The SMILES string of the molecule is CC1(C)OB(c2ccc3c(=O)n(C4CCN(C5CC5)CC4)cnc3c2)OC1(C)C.Cc1cn2cc(-c3ccc4c(=O)n(C5CCN(C6CC6)CC5)cnc4c3)cc(F)c2n1.Cc1cn2cc(Br)cc(F)c2n1. The standard InChI is InChI=1S/C24H24FN5O.C22H30BN3O3.C8H6BrFN2/c1-15-12-29-13-17(10-21(25)23(29)27-15)16-2-5-20-22(11-16)26-14-30(24(20)31)19-6-8-28(9-7-19)18-3-4-18;1-21(2)22(3,4)29-23(28-21)15-5-8-18-19(13-15)24-14-26(20(18)27)17-9-11-25(12-10-17)16-6-7-16;1-5-3-12-4-6(9)2-7(10)8(12)11-5/h2,5,10-14,18-19H,3-4,6-9H2,1H3;5,8,13-14,16-17H,6-7,9-12H2,1-4H3;2-4H,1H3. The number of halogens is 3. The average Bonchev–Trinajstić information content (AvgIpc) is 4.29. The number of pyridine rings is 2. The number of rotatable bonds is 6. The van der Waals surface area contributed by atoms with Crippen LogP contribution in [-0.2, 0) is 9.31 Å².